The number of halogens is 1. The molecule has 1 nitrogen and oxygen atoms in total. The molecule has 2 atom stereocenters. The molecule has 1 N–H and O–H groups in total. The van der Waals surface area contributed by atoms with E-state index >= 15 is 0 Å². The van der Waals surface area contributed by atoms with Crippen LogP contribution in [-0.2, 0) is 0 Å². The number of aryl methyl sites for hydroxylation is 1. The van der Waals surface area contributed by atoms with Gasteiger partial charge in [0.1, 0.15) is 0 Å². The lowest BCUT2D eigenvalue weighted by Crippen LogP contribution is -2.35. The average Bonchev–Trinajstić information content (AvgIpc) is 2.20. The Morgan fingerprint density at radius 1 is 1.28 bits per heavy atom. The summed E-state index contributed by atoms with van der Waals surface area (Å²) >= 11 is 6.26. The van der Waals surface area contributed by atoms with Crippen LogP contribution in [0.2, 0.25) is 5.02 Å². The van der Waals surface area contributed by atoms with Gasteiger partial charge in [-0.25, -0.2) is 0 Å². The standard InChI is InChI=1S/C16H24ClN/c1-11-5-6-14(17)15(8-11)18-13-7-12(2)9-16(3,4)10-13/h5-6,8,12-13,18H,7,9-10H2,1-4H3. The Bertz CT molecular complexity index is 425. The molecule has 0 spiro atoms. The van der Waals surface area contributed by atoms with Crippen molar-refractivity contribution in [3.63, 3.8) is 0 Å². The Morgan fingerprint density at radius 2 is 2.00 bits per heavy atom. The largest absolute Gasteiger partial charge is 0.381 e. The molecular weight excluding hydrogens is 242 g/mol. The van der Waals surface area contributed by atoms with Gasteiger partial charge in [0.05, 0.1) is 10.7 Å². The van der Waals surface area contributed by atoms with E-state index in [9.17, 15) is 0 Å². The van der Waals surface area contributed by atoms with Gasteiger partial charge >= 0.3 is 0 Å². The van der Waals surface area contributed by atoms with E-state index in [1.165, 1.54) is 24.8 Å². The van der Waals surface area contributed by atoms with Crippen molar-refractivity contribution >= 4 is 17.3 Å². The van der Waals surface area contributed by atoms with Crippen LogP contribution in [0.15, 0.2) is 18.2 Å². The Balaban J connectivity index is 2.11. The summed E-state index contributed by atoms with van der Waals surface area (Å²) in [5.41, 5.74) is 2.78. The molecule has 0 heterocycles. The molecule has 0 amide bonds. The van der Waals surface area contributed by atoms with Gasteiger partial charge in [0.15, 0.2) is 0 Å². The molecule has 0 aliphatic heterocycles. The predicted molar refractivity (Wildman–Crippen MR) is 80.4 cm³/mol. The predicted octanol–water partition coefficient (Wildman–Crippen LogP) is 5.28. The van der Waals surface area contributed by atoms with Crippen LogP contribution in [0, 0.1) is 18.3 Å². The molecule has 100 valence electrons. The van der Waals surface area contributed by atoms with Gasteiger partial charge in [0, 0.05) is 6.04 Å². The first kappa shape index (κ1) is 13.7. The number of rotatable bonds is 2. The molecule has 1 aliphatic rings. The third-order valence-corrected chi connectivity index (χ3v) is 4.20. The van der Waals surface area contributed by atoms with Crippen LogP contribution in [0.5, 0.6) is 0 Å². The zero-order valence-electron chi connectivity index (χ0n) is 11.9. The summed E-state index contributed by atoms with van der Waals surface area (Å²) in [5.74, 6) is 0.787. The summed E-state index contributed by atoms with van der Waals surface area (Å²) in [4.78, 5) is 0. The summed E-state index contributed by atoms with van der Waals surface area (Å²) in [7, 11) is 0. The number of anilines is 1. The highest BCUT2D eigenvalue weighted by molar-refractivity contribution is 6.33. The zero-order valence-corrected chi connectivity index (χ0v) is 12.6. The smallest absolute Gasteiger partial charge is 0.0637 e. The van der Waals surface area contributed by atoms with E-state index in [0.717, 1.165) is 16.6 Å². The Kier molecular flexibility index (Phi) is 3.91. The van der Waals surface area contributed by atoms with E-state index in [0.29, 0.717) is 11.5 Å². The fourth-order valence-electron chi connectivity index (χ4n) is 3.43. The summed E-state index contributed by atoms with van der Waals surface area (Å²) in [5, 5.41) is 4.47. The molecule has 2 rings (SSSR count). The van der Waals surface area contributed by atoms with Crippen molar-refractivity contribution in [3.05, 3.63) is 28.8 Å². The highest BCUT2D eigenvalue weighted by Crippen LogP contribution is 2.40. The van der Waals surface area contributed by atoms with E-state index in [4.69, 9.17) is 11.6 Å². The topological polar surface area (TPSA) is 12.0 Å². The van der Waals surface area contributed by atoms with Crippen molar-refractivity contribution < 1.29 is 0 Å². The van der Waals surface area contributed by atoms with Gasteiger partial charge in [-0.15, -0.1) is 0 Å². The van der Waals surface area contributed by atoms with Gasteiger partial charge < -0.3 is 5.32 Å². The molecule has 0 radical (unpaired) electrons. The van der Waals surface area contributed by atoms with Crippen LogP contribution in [-0.4, -0.2) is 6.04 Å². The minimum absolute atomic E-state index is 0.436. The van der Waals surface area contributed by atoms with Crippen LogP contribution in [0.1, 0.15) is 45.6 Å². The van der Waals surface area contributed by atoms with Gasteiger partial charge in [0.25, 0.3) is 0 Å². The van der Waals surface area contributed by atoms with Crippen molar-refractivity contribution in [2.45, 2.75) is 53.0 Å². The number of hydrogen-bond donors (Lipinski definition) is 1. The minimum atomic E-state index is 0.436. The number of benzene rings is 1. The quantitative estimate of drug-likeness (QED) is 0.768. The maximum atomic E-state index is 6.26. The fraction of sp³-hybridized carbons (Fsp3) is 0.625. The van der Waals surface area contributed by atoms with Gasteiger partial charge in [-0.3, -0.25) is 0 Å². The first-order valence-electron chi connectivity index (χ1n) is 6.88. The molecule has 0 saturated heterocycles. The van der Waals surface area contributed by atoms with Crippen molar-refractivity contribution in [2.24, 2.45) is 11.3 Å². The second kappa shape index (κ2) is 5.13. The maximum absolute atomic E-state index is 6.26. The third kappa shape index (κ3) is 3.41. The number of hydrogen-bond acceptors (Lipinski definition) is 1. The minimum Gasteiger partial charge on any atom is -0.381 e. The van der Waals surface area contributed by atoms with E-state index < -0.39 is 0 Å². The highest BCUT2D eigenvalue weighted by atomic mass is 35.5. The lowest BCUT2D eigenvalue weighted by molar-refractivity contribution is 0.178. The first-order valence-corrected chi connectivity index (χ1v) is 7.26. The van der Waals surface area contributed by atoms with Crippen LogP contribution in [0.4, 0.5) is 5.69 Å². The highest BCUT2D eigenvalue weighted by Gasteiger charge is 2.32. The molecule has 18 heavy (non-hydrogen) atoms. The zero-order chi connectivity index (χ0) is 13.3. The van der Waals surface area contributed by atoms with E-state index in [1.54, 1.807) is 0 Å². The third-order valence-electron chi connectivity index (χ3n) is 3.87. The molecule has 1 fully saturated rings. The number of nitrogens with one attached hydrogen (secondary N) is 1. The SMILES string of the molecule is Cc1ccc(Cl)c(NC2CC(C)CC(C)(C)C2)c1. The Morgan fingerprint density at radius 3 is 2.67 bits per heavy atom. The van der Waals surface area contributed by atoms with E-state index in [-0.39, 0.29) is 0 Å². The van der Waals surface area contributed by atoms with Crippen LogP contribution in [0.25, 0.3) is 0 Å². The lowest BCUT2D eigenvalue weighted by atomic mass is 9.70. The monoisotopic (exact) mass is 265 g/mol. The van der Waals surface area contributed by atoms with Gasteiger partial charge in [-0.05, 0) is 55.2 Å². The average molecular weight is 266 g/mol. The molecule has 2 heteroatoms. The van der Waals surface area contributed by atoms with Gasteiger partial charge in [0.2, 0.25) is 0 Å². The molecule has 1 aliphatic carbocycles. The molecular formula is C16H24ClN. The Labute approximate surface area is 116 Å². The van der Waals surface area contributed by atoms with Crippen molar-refractivity contribution in [1.29, 1.82) is 0 Å². The summed E-state index contributed by atoms with van der Waals surface area (Å²) in [6.07, 6.45) is 3.79. The second-order valence-corrected chi connectivity index (χ2v) is 7.15. The van der Waals surface area contributed by atoms with Gasteiger partial charge in [-0.2, -0.15) is 0 Å². The molecule has 0 aromatic heterocycles. The maximum Gasteiger partial charge on any atom is 0.0637 e. The Hall–Kier alpha value is -0.690. The van der Waals surface area contributed by atoms with Gasteiger partial charge in [-0.1, -0.05) is 38.4 Å². The lowest BCUT2D eigenvalue weighted by Gasteiger charge is -2.39. The molecule has 1 aromatic rings. The second-order valence-electron chi connectivity index (χ2n) is 6.74. The van der Waals surface area contributed by atoms with Crippen molar-refractivity contribution in [2.75, 3.05) is 5.32 Å². The van der Waals surface area contributed by atoms with Crippen LogP contribution >= 0.6 is 11.6 Å². The summed E-state index contributed by atoms with van der Waals surface area (Å²) < 4.78 is 0. The van der Waals surface area contributed by atoms with E-state index in [2.05, 4.69) is 45.1 Å². The summed E-state index contributed by atoms with van der Waals surface area (Å²) in [6.45, 7) is 9.20. The van der Waals surface area contributed by atoms with Crippen LogP contribution in [0.3, 0.4) is 0 Å². The van der Waals surface area contributed by atoms with Crippen LogP contribution < -0.4 is 5.32 Å². The van der Waals surface area contributed by atoms with Crippen molar-refractivity contribution in [1.82, 2.24) is 0 Å². The normalized spacial score (nSPS) is 26.9. The molecule has 1 aromatic carbocycles. The van der Waals surface area contributed by atoms with E-state index in [1.807, 2.05) is 6.07 Å². The first-order chi connectivity index (χ1) is 8.35. The molecule has 0 bridgehead atoms. The summed E-state index contributed by atoms with van der Waals surface area (Å²) in [6, 6.07) is 6.73. The molecule has 1 saturated carbocycles. The molecule has 2 unspecified atom stereocenters. The van der Waals surface area contributed by atoms with Crippen molar-refractivity contribution in [3.8, 4) is 0 Å². The fourth-order valence-corrected chi connectivity index (χ4v) is 3.60.